The third-order valence-electron chi connectivity index (χ3n) is 2.85. The molecule has 4 heteroatoms. The van der Waals surface area contributed by atoms with Crippen molar-refractivity contribution in [3.05, 3.63) is 59.7 Å². The molecule has 0 saturated carbocycles. The predicted octanol–water partition coefficient (Wildman–Crippen LogP) is 2.09. The van der Waals surface area contributed by atoms with Gasteiger partial charge in [0.05, 0.1) is 5.56 Å². The average molecular weight is 240 g/mol. The van der Waals surface area contributed by atoms with Crippen LogP contribution in [0.5, 0.6) is 5.75 Å². The van der Waals surface area contributed by atoms with Crippen LogP contribution in [-0.4, -0.2) is 5.91 Å². The molecule has 4 nitrogen and oxygen atoms in total. The number of ether oxygens (including phenoxy) is 1. The molecule has 0 bridgehead atoms. The third kappa shape index (κ3) is 1.78. The standard InChI is InChI=1S/C14H12N2O2/c15-10-5-3-4-9(8-10)14-16-13(17)11-6-1-2-7-12(11)18-14/h1-8,14H,15H2,(H,16,17)/t14-/m1/s1. The number of carbonyl (C=O) groups excluding carboxylic acids is 1. The van der Waals surface area contributed by atoms with E-state index in [2.05, 4.69) is 5.32 Å². The highest BCUT2D eigenvalue weighted by Crippen LogP contribution is 2.29. The molecule has 0 radical (unpaired) electrons. The number of fused-ring (bicyclic) bond motifs is 1. The van der Waals surface area contributed by atoms with Crippen LogP contribution in [0.15, 0.2) is 48.5 Å². The first-order chi connectivity index (χ1) is 8.74. The number of amides is 1. The van der Waals surface area contributed by atoms with Gasteiger partial charge >= 0.3 is 0 Å². The van der Waals surface area contributed by atoms with Crippen LogP contribution in [0.1, 0.15) is 22.1 Å². The van der Waals surface area contributed by atoms with Gasteiger partial charge < -0.3 is 15.8 Å². The number of nitrogens with one attached hydrogen (secondary N) is 1. The van der Waals surface area contributed by atoms with E-state index in [-0.39, 0.29) is 5.91 Å². The summed E-state index contributed by atoms with van der Waals surface area (Å²) in [6.45, 7) is 0. The Balaban J connectivity index is 1.97. The summed E-state index contributed by atoms with van der Waals surface area (Å²) in [5.74, 6) is 0.456. The Hall–Kier alpha value is -2.49. The molecule has 0 aliphatic carbocycles. The molecule has 2 aromatic carbocycles. The highest BCUT2D eigenvalue weighted by atomic mass is 16.5. The second-order valence-corrected chi connectivity index (χ2v) is 4.14. The van der Waals surface area contributed by atoms with Crippen molar-refractivity contribution in [2.24, 2.45) is 0 Å². The first-order valence-electron chi connectivity index (χ1n) is 5.66. The molecular weight excluding hydrogens is 228 g/mol. The van der Waals surface area contributed by atoms with Crippen LogP contribution in [-0.2, 0) is 0 Å². The fraction of sp³-hybridized carbons (Fsp3) is 0.0714. The lowest BCUT2D eigenvalue weighted by Crippen LogP contribution is -2.36. The summed E-state index contributed by atoms with van der Waals surface area (Å²) in [5.41, 5.74) is 7.75. The summed E-state index contributed by atoms with van der Waals surface area (Å²) in [7, 11) is 0. The molecule has 18 heavy (non-hydrogen) atoms. The van der Waals surface area contributed by atoms with E-state index in [4.69, 9.17) is 10.5 Å². The third-order valence-corrected chi connectivity index (χ3v) is 2.85. The highest BCUT2D eigenvalue weighted by Gasteiger charge is 2.25. The minimum absolute atomic E-state index is 0.135. The molecule has 0 saturated heterocycles. The molecule has 0 spiro atoms. The van der Waals surface area contributed by atoms with Crippen LogP contribution in [0, 0.1) is 0 Å². The zero-order valence-electron chi connectivity index (χ0n) is 9.59. The SMILES string of the molecule is Nc1cccc([C@@H]2NC(=O)c3ccccc3O2)c1. The number of nitrogens with two attached hydrogens (primary N) is 1. The number of hydrogen-bond donors (Lipinski definition) is 2. The molecule has 2 aromatic rings. The molecule has 1 aliphatic rings. The van der Waals surface area contributed by atoms with E-state index in [0.29, 0.717) is 17.0 Å². The molecule has 1 aliphatic heterocycles. The van der Waals surface area contributed by atoms with Gasteiger partial charge in [0.2, 0.25) is 0 Å². The molecule has 3 N–H and O–H groups in total. The number of rotatable bonds is 1. The first-order valence-corrected chi connectivity index (χ1v) is 5.66. The minimum Gasteiger partial charge on any atom is -0.466 e. The van der Waals surface area contributed by atoms with Crippen molar-refractivity contribution >= 4 is 11.6 Å². The molecule has 0 fully saturated rings. The van der Waals surface area contributed by atoms with Crippen LogP contribution in [0.3, 0.4) is 0 Å². The van der Waals surface area contributed by atoms with Gasteiger partial charge in [0, 0.05) is 11.3 Å². The van der Waals surface area contributed by atoms with E-state index in [1.807, 2.05) is 24.3 Å². The quantitative estimate of drug-likeness (QED) is 0.750. The van der Waals surface area contributed by atoms with Crippen molar-refractivity contribution in [2.75, 3.05) is 5.73 Å². The Morgan fingerprint density at radius 1 is 1.11 bits per heavy atom. The molecule has 1 heterocycles. The zero-order valence-corrected chi connectivity index (χ0v) is 9.59. The Kier molecular flexibility index (Phi) is 2.41. The van der Waals surface area contributed by atoms with E-state index in [1.165, 1.54) is 0 Å². The average Bonchev–Trinajstić information content (AvgIpc) is 2.39. The van der Waals surface area contributed by atoms with Crippen molar-refractivity contribution in [1.29, 1.82) is 0 Å². The Morgan fingerprint density at radius 2 is 1.94 bits per heavy atom. The Bertz CT molecular complexity index is 610. The van der Waals surface area contributed by atoms with Crippen LogP contribution < -0.4 is 15.8 Å². The molecule has 1 amide bonds. The summed E-state index contributed by atoms with van der Waals surface area (Å²) < 4.78 is 5.76. The monoisotopic (exact) mass is 240 g/mol. The lowest BCUT2D eigenvalue weighted by molar-refractivity contribution is 0.0756. The van der Waals surface area contributed by atoms with Gasteiger partial charge in [-0.2, -0.15) is 0 Å². The van der Waals surface area contributed by atoms with Crippen LogP contribution in [0.25, 0.3) is 0 Å². The highest BCUT2D eigenvalue weighted by molar-refractivity contribution is 5.98. The largest absolute Gasteiger partial charge is 0.466 e. The second kappa shape index (κ2) is 4.07. The van der Waals surface area contributed by atoms with Gasteiger partial charge in [-0.25, -0.2) is 0 Å². The van der Waals surface area contributed by atoms with Gasteiger partial charge in [-0.3, -0.25) is 4.79 Å². The lowest BCUT2D eigenvalue weighted by Gasteiger charge is -2.27. The molecular formula is C14H12N2O2. The van der Waals surface area contributed by atoms with Crippen molar-refractivity contribution in [2.45, 2.75) is 6.23 Å². The molecule has 90 valence electrons. The van der Waals surface area contributed by atoms with Crippen LogP contribution >= 0.6 is 0 Å². The summed E-state index contributed by atoms with van der Waals surface area (Å²) in [6.07, 6.45) is -0.490. The molecule has 3 rings (SSSR count). The number of hydrogen-bond acceptors (Lipinski definition) is 3. The van der Waals surface area contributed by atoms with Crippen LogP contribution in [0.2, 0.25) is 0 Å². The van der Waals surface area contributed by atoms with E-state index < -0.39 is 6.23 Å². The predicted molar refractivity (Wildman–Crippen MR) is 68.1 cm³/mol. The molecule has 0 unspecified atom stereocenters. The van der Waals surface area contributed by atoms with E-state index in [0.717, 1.165) is 5.56 Å². The van der Waals surface area contributed by atoms with Crippen molar-refractivity contribution in [3.63, 3.8) is 0 Å². The van der Waals surface area contributed by atoms with E-state index >= 15 is 0 Å². The van der Waals surface area contributed by atoms with Gasteiger partial charge in [0.25, 0.3) is 5.91 Å². The number of carbonyl (C=O) groups is 1. The van der Waals surface area contributed by atoms with Crippen molar-refractivity contribution in [1.82, 2.24) is 5.32 Å². The van der Waals surface area contributed by atoms with E-state index in [9.17, 15) is 4.79 Å². The normalized spacial score (nSPS) is 17.6. The fourth-order valence-corrected chi connectivity index (χ4v) is 1.98. The van der Waals surface area contributed by atoms with E-state index in [1.54, 1.807) is 24.3 Å². The number of para-hydroxylation sites is 1. The zero-order chi connectivity index (χ0) is 12.5. The Morgan fingerprint density at radius 3 is 2.78 bits per heavy atom. The van der Waals surface area contributed by atoms with Gasteiger partial charge in [-0.05, 0) is 24.3 Å². The molecule has 1 atom stereocenters. The summed E-state index contributed by atoms with van der Waals surface area (Å²) in [6, 6.07) is 14.5. The van der Waals surface area contributed by atoms with Gasteiger partial charge in [0.1, 0.15) is 5.75 Å². The smallest absolute Gasteiger partial charge is 0.258 e. The topological polar surface area (TPSA) is 64.3 Å². The lowest BCUT2D eigenvalue weighted by atomic mass is 10.1. The summed E-state index contributed by atoms with van der Waals surface area (Å²) in [4.78, 5) is 11.9. The van der Waals surface area contributed by atoms with Crippen LogP contribution in [0.4, 0.5) is 5.69 Å². The van der Waals surface area contributed by atoms with Crippen molar-refractivity contribution in [3.8, 4) is 5.75 Å². The number of benzene rings is 2. The van der Waals surface area contributed by atoms with Gasteiger partial charge in [-0.1, -0.05) is 24.3 Å². The fourth-order valence-electron chi connectivity index (χ4n) is 1.98. The number of nitrogen functional groups attached to an aromatic ring is 1. The maximum Gasteiger partial charge on any atom is 0.258 e. The maximum absolute atomic E-state index is 11.9. The van der Waals surface area contributed by atoms with Gasteiger partial charge in [0.15, 0.2) is 6.23 Å². The number of anilines is 1. The maximum atomic E-state index is 11.9. The minimum atomic E-state index is -0.490. The second-order valence-electron chi connectivity index (χ2n) is 4.14. The summed E-state index contributed by atoms with van der Waals surface area (Å²) in [5, 5.41) is 2.80. The van der Waals surface area contributed by atoms with Crippen molar-refractivity contribution < 1.29 is 9.53 Å². The first kappa shape index (κ1) is 10.7. The Labute approximate surface area is 104 Å². The summed E-state index contributed by atoms with van der Waals surface area (Å²) >= 11 is 0. The molecule has 0 aromatic heterocycles. The van der Waals surface area contributed by atoms with Gasteiger partial charge in [-0.15, -0.1) is 0 Å².